The number of hydrogen-bond acceptors (Lipinski definition) is 6. The number of Topliss-reactive ketones (excluding diaryl/α,β-unsaturated/α-hetero) is 4. The molecule has 6 rings (SSSR count). The number of phenolic OH excluding ortho intramolecular Hbond substituents is 2. The summed E-state index contributed by atoms with van der Waals surface area (Å²) < 4.78 is 1.31. The highest BCUT2D eigenvalue weighted by molar-refractivity contribution is 9.10. The molecule has 8 heteroatoms. The van der Waals surface area contributed by atoms with Crippen LogP contribution >= 0.6 is 31.9 Å². The second kappa shape index (κ2) is 10.9. The lowest BCUT2D eigenvalue weighted by Gasteiger charge is -2.27. The number of halogens is 2. The summed E-state index contributed by atoms with van der Waals surface area (Å²) in [5.41, 5.74) is 1.71. The number of carbonyl (C=O) groups excluding carboxylic acids is 4. The van der Waals surface area contributed by atoms with Crippen molar-refractivity contribution in [1.82, 2.24) is 0 Å². The van der Waals surface area contributed by atoms with Gasteiger partial charge in [0, 0.05) is 53.5 Å². The van der Waals surface area contributed by atoms with Gasteiger partial charge in [0.05, 0.1) is 11.1 Å². The molecule has 0 aromatic heterocycles. The Morgan fingerprint density at radius 2 is 0.750 bits per heavy atom. The third kappa shape index (κ3) is 4.03. The van der Waals surface area contributed by atoms with Crippen molar-refractivity contribution < 1.29 is 29.4 Å². The summed E-state index contributed by atoms with van der Waals surface area (Å²) >= 11 is 6.99. The minimum atomic E-state index is -0.455. The van der Waals surface area contributed by atoms with Gasteiger partial charge >= 0.3 is 0 Å². The van der Waals surface area contributed by atoms with Gasteiger partial charge in [-0.25, -0.2) is 0 Å². The average Bonchev–Trinajstić information content (AvgIpc) is 3.00. The van der Waals surface area contributed by atoms with Gasteiger partial charge in [0.25, 0.3) is 0 Å². The van der Waals surface area contributed by atoms with E-state index in [-0.39, 0.29) is 44.9 Å². The summed E-state index contributed by atoms with van der Waals surface area (Å²) in [5.74, 6) is -2.44. The van der Waals surface area contributed by atoms with Gasteiger partial charge < -0.3 is 10.2 Å². The zero-order valence-electron chi connectivity index (χ0n) is 24.6. The molecule has 2 aliphatic rings. The molecule has 2 N–H and O–H groups in total. The highest BCUT2D eigenvalue weighted by atomic mass is 79.9. The summed E-state index contributed by atoms with van der Waals surface area (Å²) in [7, 11) is 0. The van der Waals surface area contributed by atoms with Gasteiger partial charge in [0.2, 0.25) is 0 Å². The first kappa shape index (κ1) is 30.2. The minimum absolute atomic E-state index is 0.110. The first-order valence-corrected chi connectivity index (χ1v) is 16.2. The number of ketones is 4. The fourth-order valence-electron chi connectivity index (χ4n) is 6.96. The maximum Gasteiger partial charge on any atom is 0.193 e. The molecule has 0 bridgehead atoms. The summed E-state index contributed by atoms with van der Waals surface area (Å²) in [6, 6.07) is 10.4. The van der Waals surface area contributed by atoms with Crippen LogP contribution in [0.15, 0.2) is 67.6 Å². The molecule has 0 spiro atoms. The van der Waals surface area contributed by atoms with Gasteiger partial charge in [0.1, 0.15) is 11.5 Å². The third-order valence-corrected chi connectivity index (χ3v) is 9.87. The van der Waals surface area contributed by atoms with Gasteiger partial charge in [-0.05, 0) is 71.5 Å². The largest absolute Gasteiger partial charge is 0.506 e. The summed E-state index contributed by atoms with van der Waals surface area (Å²) in [4.78, 5) is 55.9. The summed E-state index contributed by atoms with van der Waals surface area (Å²) in [6.07, 6.45) is 1.34. The molecule has 2 aliphatic carbocycles. The van der Waals surface area contributed by atoms with Crippen LogP contribution in [0.4, 0.5) is 0 Å². The molecule has 4 aromatic carbocycles. The van der Waals surface area contributed by atoms with Crippen molar-refractivity contribution >= 4 is 76.5 Å². The van der Waals surface area contributed by atoms with Crippen LogP contribution in [0.1, 0.15) is 94.8 Å². The van der Waals surface area contributed by atoms with Gasteiger partial charge in [0.15, 0.2) is 23.1 Å². The molecule has 0 amide bonds. The topological polar surface area (TPSA) is 109 Å². The van der Waals surface area contributed by atoms with E-state index in [1.54, 1.807) is 50.2 Å². The van der Waals surface area contributed by atoms with E-state index < -0.39 is 23.1 Å². The SMILES string of the molecule is CCC1=C(CC)C(=O)c2c(c(O)c(-c3c(O)c4c(c5cc(Br)ccc35)C(=O)C(CC)=C(CC)C4=O)c3ccc(Br)cc23)C1=O. The molecular formula is C36H28Br2O6. The van der Waals surface area contributed by atoms with Crippen LogP contribution in [-0.4, -0.2) is 33.3 Å². The minimum Gasteiger partial charge on any atom is -0.506 e. The Morgan fingerprint density at radius 3 is 1.05 bits per heavy atom. The summed E-state index contributed by atoms with van der Waals surface area (Å²) in [5, 5.41) is 25.8. The monoisotopic (exact) mass is 714 g/mol. The highest BCUT2D eigenvalue weighted by Gasteiger charge is 2.40. The normalized spacial score (nSPS) is 15.1. The van der Waals surface area contributed by atoms with Crippen LogP contribution in [0.3, 0.4) is 0 Å². The lowest BCUT2D eigenvalue weighted by molar-refractivity contribution is 0.0968. The number of aromatic hydroxyl groups is 2. The van der Waals surface area contributed by atoms with E-state index in [1.165, 1.54) is 0 Å². The zero-order chi connectivity index (χ0) is 31.8. The zero-order valence-corrected chi connectivity index (χ0v) is 27.7. The molecule has 0 unspecified atom stereocenters. The van der Waals surface area contributed by atoms with Crippen molar-refractivity contribution in [2.75, 3.05) is 0 Å². The lowest BCUT2D eigenvalue weighted by Crippen LogP contribution is -2.23. The van der Waals surface area contributed by atoms with Crippen LogP contribution < -0.4 is 0 Å². The number of benzene rings is 4. The van der Waals surface area contributed by atoms with Gasteiger partial charge in [-0.3, -0.25) is 19.2 Å². The standard InChI is InChI=1S/C36H28Br2O6/c1-5-17-19(7-3)33(41)29-27(31(17)39)23-13-15(37)9-11-21(23)25(35(29)43)26-22-12-10-16(38)14-24(22)28-30(36(26)44)34(42)20(8-4)18(6-2)32(28)40/h9-14,43-44H,5-8H2,1-4H3. The predicted octanol–water partition coefficient (Wildman–Crippen LogP) is 9.59. The highest BCUT2D eigenvalue weighted by Crippen LogP contribution is 2.53. The van der Waals surface area contributed by atoms with Gasteiger partial charge in [-0.1, -0.05) is 71.7 Å². The molecule has 0 radical (unpaired) electrons. The van der Waals surface area contributed by atoms with E-state index in [0.29, 0.717) is 78.5 Å². The molecule has 6 nitrogen and oxygen atoms in total. The molecule has 222 valence electrons. The fraction of sp³-hybridized carbons (Fsp3) is 0.222. The van der Waals surface area contributed by atoms with Crippen molar-refractivity contribution in [1.29, 1.82) is 0 Å². The first-order chi connectivity index (χ1) is 21.0. The van der Waals surface area contributed by atoms with Gasteiger partial charge in [-0.15, -0.1) is 0 Å². The maximum absolute atomic E-state index is 14.0. The molecule has 4 aromatic rings. The molecule has 0 aliphatic heterocycles. The molecule has 0 saturated heterocycles. The third-order valence-electron chi connectivity index (χ3n) is 8.89. The number of rotatable bonds is 5. The fourth-order valence-corrected chi connectivity index (χ4v) is 7.68. The molecule has 0 fully saturated rings. The number of allylic oxidation sites excluding steroid dienone is 4. The van der Waals surface area contributed by atoms with E-state index in [1.807, 2.05) is 13.8 Å². The number of phenols is 2. The Hall–Kier alpha value is -3.88. The number of carbonyl (C=O) groups is 4. The van der Waals surface area contributed by atoms with Crippen LogP contribution in [0, 0.1) is 0 Å². The van der Waals surface area contributed by atoms with Crippen LogP contribution in [0.25, 0.3) is 32.7 Å². The molecule has 0 atom stereocenters. The Labute approximate surface area is 270 Å². The molecule has 0 heterocycles. The van der Waals surface area contributed by atoms with Crippen molar-refractivity contribution in [3.05, 3.63) is 89.9 Å². The smallest absolute Gasteiger partial charge is 0.193 e. The predicted molar refractivity (Wildman–Crippen MR) is 178 cm³/mol. The maximum atomic E-state index is 14.0. The van der Waals surface area contributed by atoms with E-state index >= 15 is 0 Å². The van der Waals surface area contributed by atoms with E-state index in [2.05, 4.69) is 31.9 Å². The van der Waals surface area contributed by atoms with E-state index in [0.717, 1.165) is 0 Å². The molecule has 44 heavy (non-hydrogen) atoms. The quantitative estimate of drug-likeness (QED) is 0.213. The number of fused-ring (bicyclic) bond motifs is 6. The Bertz CT molecular complexity index is 1960. The van der Waals surface area contributed by atoms with Crippen LogP contribution in [-0.2, 0) is 0 Å². The van der Waals surface area contributed by atoms with Crippen molar-refractivity contribution in [3.8, 4) is 22.6 Å². The summed E-state index contributed by atoms with van der Waals surface area (Å²) in [6.45, 7) is 7.24. The van der Waals surface area contributed by atoms with Crippen LogP contribution in [0.2, 0.25) is 0 Å². The van der Waals surface area contributed by atoms with Crippen molar-refractivity contribution in [2.45, 2.75) is 53.4 Å². The van der Waals surface area contributed by atoms with Crippen LogP contribution in [0.5, 0.6) is 11.5 Å². The molecule has 0 saturated carbocycles. The second-order valence-electron chi connectivity index (χ2n) is 11.0. The molecular weight excluding hydrogens is 688 g/mol. The number of hydrogen-bond donors (Lipinski definition) is 2. The van der Waals surface area contributed by atoms with E-state index in [4.69, 9.17) is 0 Å². The van der Waals surface area contributed by atoms with Crippen molar-refractivity contribution in [2.24, 2.45) is 0 Å². The Kier molecular flexibility index (Phi) is 7.49. The van der Waals surface area contributed by atoms with Crippen molar-refractivity contribution in [3.63, 3.8) is 0 Å². The van der Waals surface area contributed by atoms with E-state index in [9.17, 15) is 29.4 Å². The lowest BCUT2D eigenvalue weighted by atomic mass is 9.75. The van der Waals surface area contributed by atoms with Gasteiger partial charge in [-0.2, -0.15) is 0 Å². The first-order valence-electron chi connectivity index (χ1n) is 14.6. The Balaban J connectivity index is 1.84. The average molecular weight is 716 g/mol. The Morgan fingerprint density at radius 1 is 0.455 bits per heavy atom. The second-order valence-corrected chi connectivity index (χ2v) is 12.8.